The lowest BCUT2D eigenvalue weighted by Crippen LogP contribution is -2.47. The number of likely N-dealkylation sites (tertiary alicyclic amines) is 1. The molecule has 0 radical (unpaired) electrons. The number of aromatic amines is 1. The topological polar surface area (TPSA) is 118 Å². The first-order valence-corrected chi connectivity index (χ1v) is 12.3. The molecule has 1 saturated heterocycles. The number of nitrogens with one attached hydrogen (secondary N) is 1. The average molecular weight is 474 g/mol. The van der Waals surface area contributed by atoms with E-state index in [0.29, 0.717) is 31.0 Å². The lowest BCUT2D eigenvalue weighted by Gasteiger charge is -2.33. The molecule has 5 N–H and O–H groups in total. The van der Waals surface area contributed by atoms with E-state index in [1.807, 2.05) is 34.5 Å². The molecule has 5 rings (SSSR count). The third-order valence-corrected chi connectivity index (χ3v) is 7.37. The van der Waals surface area contributed by atoms with Crippen LogP contribution in [0, 0.1) is 0 Å². The lowest BCUT2D eigenvalue weighted by atomic mass is 9.93. The molecule has 2 amide bonds. The second kappa shape index (κ2) is 9.40. The summed E-state index contributed by atoms with van der Waals surface area (Å²) >= 11 is 1.53. The summed E-state index contributed by atoms with van der Waals surface area (Å²) in [6.45, 7) is 1.41. The Kier molecular flexibility index (Phi) is 6.17. The van der Waals surface area contributed by atoms with Crippen LogP contribution in [0.15, 0.2) is 60.1 Å². The van der Waals surface area contributed by atoms with E-state index in [1.54, 1.807) is 12.3 Å². The van der Waals surface area contributed by atoms with E-state index in [4.69, 9.17) is 11.5 Å². The molecule has 174 valence electrons. The Hall–Kier alpha value is -3.49. The van der Waals surface area contributed by atoms with Crippen LogP contribution in [-0.4, -0.2) is 45.8 Å². The highest BCUT2D eigenvalue weighted by atomic mass is 32.1. The van der Waals surface area contributed by atoms with Gasteiger partial charge in [0.05, 0.1) is 11.0 Å². The van der Waals surface area contributed by atoms with Crippen molar-refractivity contribution in [3.05, 3.63) is 76.4 Å². The minimum Gasteiger partial charge on any atom is -0.366 e. The third-order valence-electron chi connectivity index (χ3n) is 6.56. The molecule has 3 heterocycles. The Labute approximate surface area is 201 Å². The number of aromatic nitrogens is 2. The molecule has 34 heavy (non-hydrogen) atoms. The van der Waals surface area contributed by atoms with Crippen molar-refractivity contribution >= 4 is 34.1 Å². The largest absolute Gasteiger partial charge is 0.366 e. The molecular formula is C26H27N5O2S. The number of thiazole rings is 1. The van der Waals surface area contributed by atoms with Gasteiger partial charge in [-0.2, -0.15) is 0 Å². The third kappa shape index (κ3) is 4.60. The first-order valence-electron chi connectivity index (χ1n) is 11.4. The number of nitrogens with zero attached hydrogens (tertiary/aromatic N) is 2. The van der Waals surface area contributed by atoms with E-state index in [1.165, 1.54) is 17.0 Å². The van der Waals surface area contributed by atoms with Gasteiger partial charge in [0.1, 0.15) is 0 Å². The number of primary amides is 1. The molecule has 7 nitrogen and oxygen atoms in total. The summed E-state index contributed by atoms with van der Waals surface area (Å²) in [4.78, 5) is 34.0. The molecule has 0 saturated carbocycles. The fraction of sp³-hybridized carbons (Fsp3) is 0.269. The van der Waals surface area contributed by atoms with Gasteiger partial charge in [-0.1, -0.05) is 18.2 Å². The highest BCUT2D eigenvalue weighted by molar-refractivity contribution is 7.09. The van der Waals surface area contributed by atoms with Crippen molar-refractivity contribution in [3.8, 4) is 11.1 Å². The Balaban J connectivity index is 1.26. The second-order valence-electron chi connectivity index (χ2n) is 8.81. The fourth-order valence-electron chi connectivity index (χ4n) is 4.68. The highest BCUT2D eigenvalue weighted by Crippen LogP contribution is 2.32. The fourth-order valence-corrected chi connectivity index (χ4v) is 5.36. The maximum atomic E-state index is 12.8. The number of piperidine rings is 1. The molecule has 0 aliphatic carbocycles. The van der Waals surface area contributed by atoms with Gasteiger partial charge < -0.3 is 21.4 Å². The Morgan fingerprint density at radius 3 is 2.65 bits per heavy atom. The molecule has 2 aromatic heterocycles. The number of H-pyrrole nitrogens is 1. The Morgan fingerprint density at radius 1 is 1.12 bits per heavy atom. The molecule has 8 heteroatoms. The van der Waals surface area contributed by atoms with Crippen LogP contribution in [0.4, 0.5) is 0 Å². The maximum Gasteiger partial charge on any atom is 0.248 e. The predicted molar refractivity (Wildman–Crippen MR) is 135 cm³/mol. The zero-order chi connectivity index (χ0) is 23.7. The quantitative estimate of drug-likeness (QED) is 0.396. The van der Waals surface area contributed by atoms with Crippen molar-refractivity contribution in [2.24, 2.45) is 11.5 Å². The standard InChI is InChI=1S/C26H27N5O2S/c27-21(15-24-29-8-11-34-24)26(33)31-9-6-16(7-10-31)23-14-20-13-18(4-5-22(20)30-23)17-2-1-3-19(12-17)25(28)32/h1-5,8,11-14,16,21,30H,6-7,9-10,15,27H2,(H2,28,32)/t21-/m0/s1. The predicted octanol–water partition coefficient (Wildman–Crippen LogP) is 3.67. The van der Waals surface area contributed by atoms with Gasteiger partial charge in [0.2, 0.25) is 11.8 Å². The van der Waals surface area contributed by atoms with Crippen LogP contribution in [-0.2, 0) is 11.2 Å². The minimum atomic E-state index is -0.540. The van der Waals surface area contributed by atoms with Gasteiger partial charge in [0, 0.05) is 59.2 Å². The summed E-state index contributed by atoms with van der Waals surface area (Å²) in [5, 5.41) is 3.93. The summed E-state index contributed by atoms with van der Waals surface area (Å²) in [5.74, 6) is -0.0535. The van der Waals surface area contributed by atoms with Crippen molar-refractivity contribution in [2.75, 3.05) is 13.1 Å². The van der Waals surface area contributed by atoms with Gasteiger partial charge in [-0.05, 0) is 54.3 Å². The normalized spacial score (nSPS) is 15.5. The van der Waals surface area contributed by atoms with E-state index in [-0.39, 0.29) is 5.91 Å². The van der Waals surface area contributed by atoms with E-state index < -0.39 is 11.9 Å². The lowest BCUT2D eigenvalue weighted by molar-refractivity contribution is -0.133. The summed E-state index contributed by atoms with van der Waals surface area (Å²) in [5.41, 5.74) is 16.4. The molecule has 2 aromatic carbocycles. The zero-order valence-corrected chi connectivity index (χ0v) is 19.6. The van der Waals surface area contributed by atoms with Crippen LogP contribution in [0.1, 0.15) is 39.8 Å². The van der Waals surface area contributed by atoms with Crippen LogP contribution < -0.4 is 11.5 Å². The summed E-state index contributed by atoms with van der Waals surface area (Å²) in [6, 6.07) is 15.3. The van der Waals surface area contributed by atoms with E-state index in [0.717, 1.165) is 39.9 Å². The number of fused-ring (bicyclic) bond motifs is 1. The van der Waals surface area contributed by atoms with Gasteiger partial charge in [-0.15, -0.1) is 11.3 Å². The van der Waals surface area contributed by atoms with Crippen molar-refractivity contribution in [1.82, 2.24) is 14.9 Å². The Bertz CT molecular complexity index is 1320. The number of carbonyl (C=O) groups is 2. The van der Waals surface area contributed by atoms with Crippen LogP contribution in [0.3, 0.4) is 0 Å². The second-order valence-corrected chi connectivity index (χ2v) is 9.79. The molecule has 1 aliphatic heterocycles. The molecule has 4 aromatic rings. The smallest absolute Gasteiger partial charge is 0.248 e. The van der Waals surface area contributed by atoms with E-state index >= 15 is 0 Å². The van der Waals surface area contributed by atoms with Gasteiger partial charge in [0.15, 0.2) is 0 Å². The van der Waals surface area contributed by atoms with Gasteiger partial charge in [0.25, 0.3) is 0 Å². The molecular weight excluding hydrogens is 446 g/mol. The Morgan fingerprint density at radius 2 is 1.91 bits per heavy atom. The van der Waals surface area contributed by atoms with Crippen molar-refractivity contribution in [1.29, 1.82) is 0 Å². The molecule has 1 fully saturated rings. The zero-order valence-electron chi connectivity index (χ0n) is 18.7. The molecule has 0 unspecified atom stereocenters. The SMILES string of the molecule is NC(=O)c1cccc(-c2ccc3[nH]c(C4CCN(C(=O)[C@@H](N)Cc5nccs5)CC4)cc3c2)c1. The minimum absolute atomic E-state index is 0.00753. The average Bonchev–Trinajstić information content (AvgIpc) is 3.53. The van der Waals surface area contributed by atoms with Crippen LogP contribution >= 0.6 is 11.3 Å². The number of rotatable bonds is 6. The van der Waals surface area contributed by atoms with Gasteiger partial charge in [-0.25, -0.2) is 4.98 Å². The summed E-state index contributed by atoms with van der Waals surface area (Å²) < 4.78 is 0. The number of benzene rings is 2. The van der Waals surface area contributed by atoms with Crippen LogP contribution in [0.5, 0.6) is 0 Å². The van der Waals surface area contributed by atoms with Crippen LogP contribution in [0.25, 0.3) is 22.0 Å². The summed E-state index contributed by atoms with van der Waals surface area (Å²) in [6.07, 6.45) is 4.03. The first-order chi connectivity index (χ1) is 16.5. The number of nitrogens with two attached hydrogens (primary N) is 2. The molecule has 1 aliphatic rings. The van der Waals surface area contributed by atoms with Gasteiger partial charge in [-0.3, -0.25) is 9.59 Å². The summed E-state index contributed by atoms with van der Waals surface area (Å²) in [7, 11) is 0. The first kappa shape index (κ1) is 22.3. The van der Waals surface area contributed by atoms with Gasteiger partial charge >= 0.3 is 0 Å². The molecule has 0 bridgehead atoms. The van der Waals surface area contributed by atoms with E-state index in [9.17, 15) is 9.59 Å². The number of hydrogen-bond acceptors (Lipinski definition) is 5. The maximum absolute atomic E-state index is 12.8. The number of carbonyl (C=O) groups excluding carboxylic acids is 2. The molecule has 1 atom stereocenters. The van der Waals surface area contributed by atoms with E-state index in [2.05, 4.69) is 28.2 Å². The van der Waals surface area contributed by atoms with Crippen molar-refractivity contribution in [2.45, 2.75) is 31.2 Å². The van der Waals surface area contributed by atoms with Crippen LogP contribution in [0.2, 0.25) is 0 Å². The van der Waals surface area contributed by atoms with Crippen molar-refractivity contribution < 1.29 is 9.59 Å². The highest BCUT2D eigenvalue weighted by Gasteiger charge is 2.28. The van der Waals surface area contributed by atoms with Crippen molar-refractivity contribution in [3.63, 3.8) is 0 Å². The number of hydrogen-bond donors (Lipinski definition) is 3. The number of amides is 2. The molecule has 0 spiro atoms. The monoisotopic (exact) mass is 473 g/mol.